The largest absolute Gasteiger partial charge is 0.325 e. The smallest absolute Gasteiger partial charge is 0.234 e. The molecule has 0 unspecified atom stereocenters. The summed E-state index contributed by atoms with van der Waals surface area (Å²) in [6.45, 7) is 4.00. The highest BCUT2D eigenvalue weighted by Gasteiger charge is 2.12. The van der Waals surface area contributed by atoms with Gasteiger partial charge in [0.05, 0.1) is 11.5 Å². The van der Waals surface area contributed by atoms with Crippen LogP contribution in [0, 0.1) is 13.8 Å². The van der Waals surface area contributed by atoms with Crippen LogP contribution in [0.15, 0.2) is 47.6 Å². The quantitative estimate of drug-likeness (QED) is 0.479. The van der Waals surface area contributed by atoms with Gasteiger partial charge in [0.15, 0.2) is 5.16 Å². The number of hydrogen-bond donors (Lipinski definition) is 1. The Labute approximate surface area is 184 Å². The lowest BCUT2D eigenvalue weighted by Gasteiger charge is -2.08. The van der Waals surface area contributed by atoms with E-state index < -0.39 is 0 Å². The molecule has 1 N–H and O–H groups in total. The summed E-state index contributed by atoms with van der Waals surface area (Å²) in [4.78, 5) is 12.3. The van der Waals surface area contributed by atoms with Crippen molar-refractivity contribution in [2.75, 3.05) is 11.1 Å². The van der Waals surface area contributed by atoms with Gasteiger partial charge in [-0.05, 0) is 43.2 Å². The van der Waals surface area contributed by atoms with Crippen molar-refractivity contribution in [1.82, 2.24) is 14.8 Å². The fourth-order valence-corrected chi connectivity index (χ4v) is 4.55. The molecule has 29 heavy (non-hydrogen) atoms. The summed E-state index contributed by atoms with van der Waals surface area (Å²) in [6.07, 6.45) is 0. The van der Waals surface area contributed by atoms with E-state index in [9.17, 15) is 4.79 Å². The first-order valence-electron chi connectivity index (χ1n) is 9.12. The normalized spacial score (nSPS) is 10.9. The SMILES string of the molecule is Cc1ccc(CSCc2nnc(SCC(=O)Nc3ccc(Cl)cc3C)n2C)cc1. The minimum Gasteiger partial charge on any atom is -0.325 e. The van der Waals surface area contributed by atoms with E-state index in [4.69, 9.17) is 11.6 Å². The van der Waals surface area contributed by atoms with Crippen LogP contribution >= 0.6 is 35.1 Å². The number of carbonyl (C=O) groups excluding carboxylic acids is 1. The van der Waals surface area contributed by atoms with Crippen LogP contribution in [0.4, 0.5) is 5.69 Å². The Hall–Kier alpha value is -1.96. The lowest BCUT2D eigenvalue weighted by atomic mass is 10.2. The second kappa shape index (κ2) is 10.2. The molecule has 0 spiro atoms. The third-order valence-corrected chi connectivity index (χ3v) is 6.60. The average Bonchev–Trinajstić information content (AvgIpc) is 3.04. The molecule has 0 bridgehead atoms. The van der Waals surface area contributed by atoms with Crippen molar-refractivity contribution in [3.8, 4) is 0 Å². The van der Waals surface area contributed by atoms with Gasteiger partial charge in [-0.2, -0.15) is 0 Å². The summed E-state index contributed by atoms with van der Waals surface area (Å²) in [6, 6.07) is 14.0. The first-order chi connectivity index (χ1) is 13.9. The number of aryl methyl sites for hydroxylation is 2. The van der Waals surface area contributed by atoms with Crippen molar-refractivity contribution in [3.63, 3.8) is 0 Å². The maximum Gasteiger partial charge on any atom is 0.234 e. The molecular formula is C21H23ClN4OS2. The summed E-state index contributed by atoms with van der Waals surface area (Å²) in [5, 5.41) is 12.8. The highest BCUT2D eigenvalue weighted by atomic mass is 35.5. The molecule has 0 aliphatic rings. The van der Waals surface area contributed by atoms with Gasteiger partial charge in [-0.15, -0.1) is 22.0 Å². The van der Waals surface area contributed by atoms with Crippen LogP contribution in [-0.4, -0.2) is 26.4 Å². The van der Waals surface area contributed by atoms with Crippen molar-refractivity contribution in [2.45, 2.75) is 30.5 Å². The van der Waals surface area contributed by atoms with Gasteiger partial charge in [-0.1, -0.05) is 53.2 Å². The van der Waals surface area contributed by atoms with Crippen LogP contribution in [-0.2, 0) is 23.3 Å². The maximum absolute atomic E-state index is 12.3. The number of carbonyl (C=O) groups is 1. The number of aromatic nitrogens is 3. The number of amides is 1. The molecule has 0 aliphatic carbocycles. The molecular weight excluding hydrogens is 424 g/mol. The summed E-state index contributed by atoms with van der Waals surface area (Å²) in [7, 11) is 1.94. The van der Waals surface area contributed by atoms with Gasteiger partial charge in [0.2, 0.25) is 5.91 Å². The van der Waals surface area contributed by atoms with E-state index >= 15 is 0 Å². The van der Waals surface area contributed by atoms with E-state index in [1.165, 1.54) is 22.9 Å². The zero-order chi connectivity index (χ0) is 20.8. The van der Waals surface area contributed by atoms with Crippen molar-refractivity contribution < 1.29 is 4.79 Å². The minimum absolute atomic E-state index is 0.0845. The summed E-state index contributed by atoms with van der Waals surface area (Å²) < 4.78 is 1.95. The van der Waals surface area contributed by atoms with Crippen LogP contribution in [0.2, 0.25) is 5.02 Å². The van der Waals surface area contributed by atoms with E-state index in [0.29, 0.717) is 5.02 Å². The molecule has 152 valence electrons. The number of hydrogen-bond acceptors (Lipinski definition) is 5. The highest BCUT2D eigenvalue weighted by Crippen LogP contribution is 2.22. The van der Waals surface area contributed by atoms with Gasteiger partial charge >= 0.3 is 0 Å². The monoisotopic (exact) mass is 446 g/mol. The van der Waals surface area contributed by atoms with Crippen LogP contribution in [0.25, 0.3) is 0 Å². The predicted molar refractivity (Wildman–Crippen MR) is 123 cm³/mol. The Kier molecular flexibility index (Phi) is 7.64. The number of benzene rings is 2. The summed E-state index contributed by atoms with van der Waals surface area (Å²) in [5.74, 6) is 2.79. The molecule has 1 aromatic heterocycles. The number of halogens is 1. The van der Waals surface area contributed by atoms with Gasteiger partial charge in [0.25, 0.3) is 0 Å². The molecule has 0 saturated carbocycles. The third kappa shape index (κ3) is 6.26. The van der Waals surface area contributed by atoms with Gasteiger partial charge < -0.3 is 9.88 Å². The molecule has 3 aromatic rings. The minimum atomic E-state index is -0.0845. The molecule has 1 heterocycles. The lowest BCUT2D eigenvalue weighted by Crippen LogP contribution is -2.15. The number of nitrogens with one attached hydrogen (secondary N) is 1. The Balaban J connectivity index is 1.48. The van der Waals surface area contributed by atoms with Crippen molar-refractivity contribution in [2.24, 2.45) is 7.05 Å². The molecule has 0 aliphatic heterocycles. The molecule has 2 aromatic carbocycles. The molecule has 8 heteroatoms. The van der Waals surface area contributed by atoms with E-state index in [1.807, 2.05) is 30.7 Å². The highest BCUT2D eigenvalue weighted by molar-refractivity contribution is 7.99. The first kappa shape index (κ1) is 21.7. The Bertz CT molecular complexity index is 989. The van der Waals surface area contributed by atoms with E-state index in [1.54, 1.807) is 17.8 Å². The fourth-order valence-electron chi connectivity index (χ4n) is 2.62. The molecule has 5 nitrogen and oxygen atoms in total. The molecule has 0 saturated heterocycles. The van der Waals surface area contributed by atoms with Crippen molar-refractivity contribution in [1.29, 1.82) is 0 Å². The van der Waals surface area contributed by atoms with E-state index in [0.717, 1.165) is 33.7 Å². The number of rotatable bonds is 8. The molecule has 0 atom stereocenters. The number of anilines is 1. The maximum atomic E-state index is 12.3. The van der Waals surface area contributed by atoms with E-state index in [2.05, 4.69) is 46.7 Å². The Morgan fingerprint density at radius 1 is 1.10 bits per heavy atom. The van der Waals surface area contributed by atoms with E-state index in [-0.39, 0.29) is 11.7 Å². The van der Waals surface area contributed by atoms with Crippen molar-refractivity contribution in [3.05, 3.63) is 70.0 Å². The molecule has 0 radical (unpaired) electrons. The lowest BCUT2D eigenvalue weighted by molar-refractivity contribution is -0.113. The Morgan fingerprint density at radius 2 is 1.86 bits per heavy atom. The first-order valence-corrected chi connectivity index (χ1v) is 11.6. The third-order valence-electron chi connectivity index (χ3n) is 4.34. The second-order valence-electron chi connectivity index (χ2n) is 6.73. The predicted octanol–water partition coefficient (Wildman–Crippen LogP) is 5.25. The topological polar surface area (TPSA) is 59.8 Å². The zero-order valence-electron chi connectivity index (χ0n) is 16.6. The van der Waals surface area contributed by atoms with Gasteiger partial charge in [-0.3, -0.25) is 4.79 Å². The van der Waals surface area contributed by atoms with Crippen LogP contribution in [0.3, 0.4) is 0 Å². The van der Waals surface area contributed by atoms with Crippen LogP contribution < -0.4 is 5.32 Å². The van der Waals surface area contributed by atoms with Crippen LogP contribution in [0.5, 0.6) is 0 Å². The summed E-state index contributed by atoms with van der Waals surface area (Å²) in [5.41, 5.74) is 4.27. The molecule has 3 rings (SSSR count). The Morgan fingerprint density at radius 3 is 2.59 bits per heavy atom. The fraction of sp³-hybridized carbons (Fsp3) is 0.286. The zero-order valence-corrected chi connectivity index (χ0v) is 19.0. The van der Waals surface area contributed by atoms with Gasteiger partial charge in [-0.25, -0.2) is 0 Å². The number of thioether (sulfide) groups is 2. The van der Waals surface area contributed by atoms with Gasteiger partial charge in [0.1, 0.15) is 5.82 Å². The van der Waals surface area contributed by atoms with Crippen LogP contribution in [0.1, 0.15) is 22.5 Å². The standard InChI is InChI=1S/C21H23ClN4OS2/c1-14-4-6-16(7-5-14)11-28-12-19-24-25-21(26(19)3)29-13-20(27)23-18-9-8-17(22)10-15(18)2/h4-10H,11-13H2,1-3H3,(H,23,27). The molecule has 0 fully saturated rings. The molecule has 1 amide bonds. The van der Waals surface area contributed by atoms with Crippen molar-refractivity contribution >= 4 is 46.7 Å². The summed E-state index contributed by atoms with van der Waals surface area (Å²) >= 11 is 9.13. The number of nitrogens with zero attached hydrogens (tertiary/aromatic N) is 3. The second-order valence-corrected chi connectivity index (χ2v) is 9.10. The average molecular weight is 447 g/mol. The van der Waals surface area contributed by atoms with Gasteiger partial charge in [0, 0.05) is 23.5 Å².